The zero-order valence-electron chi connectivity index (χ0n) is 14.0. The topological polar surface area (TPSA) is 78.3 Å². The minimum atomic E-state index is -0.930. The number of anilines is 3. The van der Waals surface area contributed by atoms with E-state index in [4.69, 9.17) is 5.11 Å². The van der Waals surface area contributed by atoms with Gasteiger partial charge in [0.25, 0.3) is 0 Å². The molecule has 0 saturated carbocycles. The third-order valence-electron chi connectivity index (χ3n) is 4.21. The maximum Gasteiger partial charge on any atom is 0.335 e. The first-order valence-corrected chi connectivity index (χ1v) is 8.22. The Morgan fingerprint density at radius 2 is 2.04 bits per heavy atom. The van der Waals surface area contributed by atoms with Crippen molar-refractivity contribution in [2.45, 2.75) is 26.7 Å². The van der Waals surface area contributed by atoms with E-state index in [1.54, 1.807) is 24.3 Å². The Morgan fingerprint density at radius 3 is 2.71 bits per heavy atom. The standard InChI is InChI=1S/C18H22N4O2/c1-12-4-3-9-22(11-12)17-10-16(19-13(2)20-17)21-15-7-5-14(6-8-15)18(23)24/h5-8,10,12H,3-4,9,11H2,1-2H3,(H,23,24)(H,19,20,21). The molecule has 1 atom stereocenters. The van der Waals surface area contributed by atoms with Crippen molar-refractivity contribution in [2.75, 3.05) is 23.3 Å². The molecule has 0 amide bonds. The fourth-order valence-corrected chi connectivity index (χ4v) is 3.02. The molecule has 6 heteroatoms. The van der Waals surface area contributed by atoms with Crippen LogP contribution >= 0.6 is 0 Å². The summed E-state index contributed by atoms with van der Waals surface area (Å²) < 4.78 is 0. The molecule has 2 aromatic rings. The molecule has 126 valence electrons. The highest BCUT2D eigenvalue weighted by Gasteiger charge is 2.18. The molecule has 1 aromatic carbocycles. The number of nitrogens with one attached hydrogen (secondary N) is 1. The average molecular weight is 326 g/mol. The van der Waals surface area contributed by atoms with Crippen molar-refractivity contribution in [3.05, 3.63) is 41.7 Å². The number of aromatic carboxylic acids is 1. The summed E-state index contributed by atoms with van der Waals surface area (Å²) >= 11 is 0. The van der Waals surface area contributed by atoms with E-state index in [1.807, 2.05) is 13.0 Å². The number of aromatic nitrogens is 2. The first-order valence-electron chi connectivity index (χ1n) is 8.22. The van der Waals surface area contributed by atoms with Gasteiger partial charge in [0.1, 0.15) is 17.5 Å². The van der Waals surface area contributed by atoms with Gasteiger partial charge in [-0.05, 0) is 49.9 Å². The number of nitrogens with zero attached hydrogens (tertiary/aromatic N) is 3. The summed E-state index contributed by atoms with van der Waals surface area (Å²) in [4.78, 5) is 22.2. The van der Waals surface area contributed by atoms with E-state index < -0.39 is 5.97 Å². The molecule has 1 aliphatic heterocycles. The van der Waals surface area contributed by atoms with Gasteiger partial charge in [0.05, 0.1) is 5.56 Å². The lowest BCUT2D eigenvalue weighted by atomic mass is 10.0. The van der Waals surface area contributed by atoms with E-state index in [1.165, 1.54) is 12.8 Å². The Bertz CT molecular complexity index is 730. The minimum Gasteiger partial charge on any atom is -0.478 e. The average Bonchev–Trinajstić information content (AvgIpc) is 2.55. The van der Waals surface area contributed by atoms with Gasteiger partial charge in [0.15, 0.2) is 0 Å². The lowest BCUT2D eigenvalue weighted by Crippen LogP contribution is -2.35. The van der Waals surface area contributed by atoms with Gasteiger partial charge in [-0.3, -0.25) is 0 Å². The second kappa shape index (κ2) is 6.86. The highest BCUT2D eigenvalue weighted by Crippen LogP contribution is 2.24. The number of carboxylic acid groups (broad SMARTS) is 1. The van der Waals surface area contributed by atoms with Gasteiger partial charge in [-0.25, -0.2) is 14.8 Å². The highest BCUT2D eigenvalue weighted by molar-refractivity contribution is 5.88. The first kappa shape index (κ1) is 16.2. The molecule has 2 N–H and O–H groups in total. The van der Waals surface area contributed by atoms with Crippen LogP contribution in [0.1, 0.15) is 35.9 Å². The maximum atomic E-state index is 10.9. The van der Waals surface area contributed by atoms with Gasteiger partial charge in [0, 0.05) is 24.8 Å². The van der Waals surface area contributed by atoms with E-state index in [-0.39, 0.29) is 5.56 Å². The van der Waals surface area contributed by atoms with Gasteiger partial charge in [-0.2, -0.15) is 0 Å². The third-order valence-corrected chi connectivity index (χ3v) is 4.21. The Morgan fingerprint density at radius 1 is 1.29 bits per heavy atom. The van der Waals surface area contributed by atoms with E-state index >= 15 is 0 Å². The van der Waals surface area contributed by atoms with Gasteiger partial charge < -0.3 is 15.3 Å². The van der Waals surface area contributed by atoms with Crippen molar-refractivity contribution in [3.8, 4) is 0 Å². The number of rotatable bonds is 4. The predicted octanol–water partition coefficient (Wildman–Crippen LogP) is 3.46. The molecule has 1 unspecified atom stereocenters. The van der Waals surface area contributed by atoms with Crippen LogP contribution in [0, 0.1) is 12.8 Å². The second-order valence-corrected chi connectivity index (χ2v) is 6.36. The van der Waals surface area contributed by atoms with Gasteiger partial charge >= 0.3 is 5.97 Å². The molecule has 1 saturated heterocycles. The molecule has 0 aliphatic carbocycles. The van der Waals surface area contributed by atoms with Crippen LogP contribution < -0.4 is 10.2 Å². The summed E-state index contributed by atoms with van der Waals surface area (Å²) in [5.41, 5.74) is 1.07. The molecule has 24 heavy (non-hydrogen) atoms. The molecule has 3 rings (SSSR count). The van der Waals surface area contributed by atoms with Crippen LogP contribution in [0.3, 0.4) is 0 Å². The Labute approximate surface area is 141 Å². The smallest absolute Gasteiger partial charge is 0.335 e. The van der Waals surface area contributed by atoms with Crippen LogP contribution in [0.25, 0.3) is 0 Å². The van der Waals surface area contributed by atoms with Crippen molar-refractivity contribution in [3.63, 3.8) is 0 Å². The number of hydrogen-bond donors (Lipinski definition) is 2. The SMILES string of the molecule is Cc1nc(Nc2ccc(C(=O)O)cc2)cc(N2CCCC(C)C2)n1. The largest absolute Gasteiger partial charge is 0.478 e. The predicted molar refractivity (Wildman–Crippen MR) is 94.1 cm³/mol. The van der Waals surface area contributed by atoms with Crippen LogP contribution in [-0.2, 0) is 0 Å². The molecule has 2 heterocycles. The van der Waals surface area contributed by atoms with Gasteiger partial charge in [-0.1, -0.05) is 6.92 Å². The molecule has 0 spiro atoms. The van der Waals surface area contributed by atoms with Crippen molar-refractivity contribution >= 4 is 23.3 Å². The molecule has 1 aromatic heterocycles. The number of benzene rings is 1. The molecular weight excluding hydrogens is 304 g/mol. The zero-order chi connectivity index (χ0) is 17.1. The molecular formula is C18H22N4O2. The molecule has 1 fully saturated rings. The maximum absolute atomic E-state index is 10.9. The Kier molecular flexibility index (Phi) is 4.64. The summed E-state index contributed by atoms with van der Waals surface area (Å²) in [6, 6.07) is 8.58. The van der Waals surface area contributed by atoms with Gasteiger partial charge in [-0.15, -0.1) is 0 Å². The number of carbonyl (C=O) groups is 1. The lowest BCUT2D eigenvalue weighted by Gasteiger charge is -2.32. The van der Waals surface area contributed by atoms with Gasteiger partial charge in [0.2, 0.25) is 0 Å². The van der Waals surface area contributed by atoms with Crippen molar-refractivity contribution in [1.82, 2.24) is 9.97 Å². The number of carboxylic acids is 1. The summed E-state index contributed by atoms with van der Waals surface area (Å²) in [6.45, 7) is 6.19. The van der Waals surface area contributed by atoms with Crippen molar-refractivity contribution in [1.29, 1.82) is 0 Å². The lowest BCUT2D eigenvalue weighted by molar-refractivity contribution is 0.0697. The number of aryl methyl sites for hydroxylation is 1. The molecule has 0 radical (unpaired) electrons. The third kappa shape index (κ3) is 3.82. The summed E-state index contributed by atoms with van der Waals surface area (Å²) in [6.07, 6.45) is 2.45. The summed E-state index contributed by atoms with van der Waals surface area (Å²) in [5, 5.41) is 12.2. The molecule has 6 nitrogen and oxygen atoms in total. The number of hydrogen-bond acceptors (Lipinski definition) is 5. The van der Waals surface area contributed by atoms with E-state index in [0.29, 0.717) is 5.92 Å². The molecule has 0 bridgehead atoms. The number of piperidine rings is 1. The van der Waals surface area contributed by atoms with Crippen molar-refractivity contribution in [2.24, 2.45) is 5.92 Å². The minimum absolute atomic E-state index is 0.266. The summed E-state index contributed by atoms with van der Waals surface area (Å²) in [7, 11) is 0. The summed E-state index contributed by atoms with van der Waals surface area (Å²) in [5.74, 6) is 2.13. The molecule has 1 aliphatic rings. The fraction of sp³-hybridized carbons (Fsp3) is 0.389. The quantitative estimate of drug-likeness (QED) is 0.896. The fourth-order valence-electron chi connectivity index (χ4n) is 3.02. The van der Waals surface area contributed by atoms with Crippen LogP contribution in [-0.4, -0.2) is 34.1 Å². The Balaban J connectivity index is 1.79. The zero-order valence-corrected chi connectivity index (χ0v) is 14.0. The van der Waals surface area contributed by atoms with E-state index in [0.717, 1.165) is 36.2 Å². The monoisotopic (exact) mass is 326 g/mol. The first-order chi connectivity index (χ1) is 11.5. The highest BCUT2D eigenvalue weighted by atomic mass is 16.4. The van der Waals surface area contributed by atoms with Crippen LogP contribution in [0.2, 0.25) is 0 Å². The van der Waals surface area contributed by atoms with E-state index in [2.05, 4.69) is 27.1 Å². The van der Waals surface area contributed by atoms with Crippen LogP contribution in [0.4, 0.5) is 17.3 Å². The van der Waals surface area contributed by atoms with Crippen LogP contribution in [0.15, 0.2) is 30.3 Å². The van der Waals surface area contributed by atoms with E-state index in [9.17, 15) is 4.79 Å². The van der Waals surface area contributed by atoms with Crippen LogP contribution in [0.5, 0.6) is 0 Å². The Hall–Kier alpha value is -2.63. The van der Waals surface area contributed by atoms with Crippen molar-refractivity contribution < 1.29 is 9.90 Å². The normalized spacial score (nSPS) is 17.6. The second-order valence-electron chi connectivity index (χ2n) is 6.36.